The van der Waals surface area contributed by atoms with Crippen LogP contribution in [-0.2, 0) is 14.3 Å². The van der Waals surface area contributed by atoms with Gasteiger partial charge in [-0.25, -0.2) is 0 Å². The van der Waals surface area contributed by atoms with Crippen molar-refractivity contribution >= 4 is 11.9 Å². The van der Waals surface area contributed by atoms with Gasteiger partial charge in [0.2, 0.25) is 5.91 Å². The third-order valence-corrected chi connectivity index (χ3v) is 3.82. The first-order valence-corrected chi connectivity index (χ1v) is 7.19. The highest BCUT2D eigenvalue weighted by atomic mass is 16.5. The molecule has 1 unspecified atom stereocenters. The molecular formula is C14H26N2O3. The summed E-state index contributed by atoms with van der Waals surface area (Å²) in [5.74, 6) is -0.0405. The number of rotatable bonds is 6. The molecule has 5 heteroatoms. The molecule has 1 fully saturated rings. The van der Waals surface area contributed by atoms with Crippen molar-refractivity contribution in [2.24, 2.45) is 5.92 Å². The third-order valence-electron chi connectivity index (χ3n) is 3.82. The standard InChI is InChI=1S/C14H26N2O3/c1-4-5-8-15-13(17)11(2)16-9-6-12(7-10-16)14(18)19-3/h11-12H,4-10H2,1-3H3,(H,15,17). The number of unbranched alkanes of at least 4 members (excludes halogenated alkanes) is 1. The van der Waals surface area contributed by atoms with Crippen LogP contribution in [0.5, 0.6) is 0 Å². The summed E-state index contributed by atoms with van der Waals surface area (Å²) < 4.78 is 4.76. The molecular weight excluding hydrogens is 244 g/mol. The van der Waals surface area contributed by atoms with E-state index < -0.39 is 0 Å². The lowest BCUT2D eigenvalue weighted by atomic mass is 9.96. The van der Waals surface area contributed by atoms with E-state index in [4.69, 9.17) is 4.74 Å². The zero-order valence-electron chi connectivity index (χ0n) is 12.3. The molecule has 0 aromatic carbocycles. The van der Waals surface area contributed by atoms with Gasteiger partial charge in [-0.15, -0.1) is 0 Å². The predicted molar refractivity (Wildman–Crippen MR) is 73.7 cm³/mol. The van der Waals surface area contributed by atoms with Crippen molar-refractivity contribution in [1.82, 2.24) is 10.2 Å². The molecule has 110 valence electrons. The van der Waals surface area contributed by atoms with Gasteiger partial charge >= 0.3 is 5.97 Å². The van der Waals surface area contributed by atoms with Crippen molar-refractivity contribution in [2.45, 2.75) is 45.6 Å². The van der Waals surface area contributed by atoms with E-state index in [9.17, 15) is 9.59 Å². The Morgan fingerprint density at radius 3 is 2.53 bits per heavy atom. The molecule has 0 spiro atoms. The van der Waals surface area contributed by atoms with Gasteiger partial charge in [-0.2, -0.15) is 0 Å². The number of hydrogen-bond donors (Lipinski definition) is 1. The Kier molecular flexibility index (Phi) is 6.84. The molecule has 0 saturated carbocycles. The van der Waals surface area contributed by atoms with Gasteiger partial charge in [0.25, 0.3) is 0 Å². The Hall–Kier alpha value is -1.10. The molecule has 19 heavy (non-hydrogen) atoms. The smallest absolute Gasteiger partial charge is 0.308 e. The SMILES string of the molecule is CCCCNC(=O)C(C)N1CCC(C(=O)OC)CC1. The number of carbonyl (C=O) groups is 2. The van der Waals surface area contributed by atoms with Gasteiger partial charge in [-0.3, -0.25) is 14.5 Å². The number of likely N-dealkylation sites (tertiary alicyclic amines) is 1. The molecule has 1 aliphatic rings. The molecule has 0 aromatic rings. The van der Waals surface area contributed by atoms with Crippen LogP contribution in [0, 0.1) is 5.92 Å². The highest BCUT2D eigenvalue weighted by Crippen LogP contribution is 2.20. The molecule has 1 rings (SSSR count). The molecule has 0 bridgehead atoms. The first kappa shape index (κ1) is 16.0. The Bertz CT molecular complexity index is 299. The summed E-state index contributed by atoms with van der Waals surface area (Å²) in [7, 11) is 1.43. The van der Waals surface area contributed by atoms with Gasteiger partial charge in [0.1, 0.15) is 0 Å². The number of ether oxygens (including phenoxy) is 1. The average Bonchev–Trinajstić information content (AvgIpc) is 2.46. The second-order valence-electron chi connectivity index (χ2n) is 5.15. The van der Waals surface area contributed by atoms with Crippen LogP contribution in [0.15, 0.2) is 0 Å². The number of nitrogens with one attached hydrogen (secondary N) is 1. The number of methoxy groups -OCH3 is 1. The van der Waals surface area contributed by atoms with E-state index >= 15 is 0 Å². The zero-order valence-corrected chi connectivity index (χ0v) is 12.3. The number of carbonyl (C=O) groups excluding carboxylic acids is 2. The lowest BCUT2D eigenvalue weighted by Crippen LogP contribution is -2.49. The Morgan fingerprint density at radius 2 is 2.00 bits per heavy atom. The van der Waals surface area contributed by atoms with Gasteiger partial charge in [0.05, 0.1) is 19.1 Å². The van der Waals surface area contributed by atoms with Crippen molar-refractivity contribution in [3.8, 4) is 0 Å². The summed E-state index contributed by atoms with van der Waals surface area (Å²) in [6.45, 7) is 6.34. The molecule has 1 saturated heterocycles. The van der Waals surface area contributed by atoms with E-state index in [0.717, 1.165) is 45.3 Å². The Morgan fingerprint density at radius 1 is 1.37 bits per heavy atom. The first-order valence-electron chi connectivity index (χ1n) is 7.19. The molecule has 1 amide bonds. The summed E-state index contributed by atoms with van der Waals surface area (Å²) in [5, 5.41) is 2.95. The van der Waals surface area contributed by atoms with E-state index in [1.165, 1.54) is 7.11 Å². The molecule has 1 aliphatic heterocycles. The first-order chi connectivity index (χ1) is 9.10. The summed E-state index contributed by atoms with van der Waals surface area (Å²) in [6, 6.07) is -0.115. The summed E-state index contributed by atoms with van der Waals surface area (Å²) >= 11 is 0. The minimum Gasteiger partial charge on any atom is -0.469 e. The van der Waals surface area contributed by atoms with Crippen LogP contribution in [0.25, 0.3) is 0 Å². The highest BCUT2D eigenvalue weighted by Gasteiger charge is 2.29. The third kappa shape index (κ3) is 4.82. The van der Waals surface area contributed by atoms with E-state index in [1.54, 1.807) is 0 Å². The normalized spacial score (nSPS) is 18.9. The number of amides is 1. The number of hydrogen-bond acceptors (Lipinski definition) is 4. The quantitative estimate of drug-likeness (QED) is 0.581. The van der Waals surface area contributed by atoms with Gasteiger partial charge in [-0.05, 0) is 39.3 Å². The van der Waals surface area contributed by atoms with Crippen LogP contribution in [0.3, 0.4) is 0 Å². The predicted octanol–water partition coefficient (Wildman–Crippen LogP) is 1.18. The molecule has 0 aliphatic carbocycles. The molecule has 1 atom stereocenters. The number of piperidine rings is 1. The van der Waals surface area contributed by atoms with E-state index in [0.29, 0.717) is 0 Å². The summed E-state index contributed by atoms with van der Waals surface area (Å²) in [5.41, 5.74) is 0. The monoisotopic (exact) mass is 270 g/mol. The maximum absolute atomic E-state index is 11.9. The zero-order chi connectivity index (χ0) is 14.3. The minimum atomic E-state index is -0.125. The van der Waals surface area contributed by atoms with Crippen LogP contribution in [0.4, 0.5) is 0 Å². The van der Waals surface area contributed by atoms with Crippen LogP contribution in [0.1, 0.15) is 39.5 Å². The van der Waals surface area contributed by atoms with Crippen molar-refractivity contribution in [3.63, 3.8) is 0 Å². The minimum absolute atomic E-state index is 0.00315. The lowest BCUT2D eigenvalue weighted by molar-refractivity contribution is -0.147. The van der Waals surface area contributed by atoms with E-state index in [2.05, 4.69) is 17.1 Å². The highest BCUT2D eigenvalue weighted by molar-refractivity contribution is 5.81. The van der Waals surface area contributed by atoms with Crippen molar-refractivity contribution in [1.29, 1.82) is 0 Å². The fraction of sp³-hybridized carbons (Fsp3) is 0.857. The second-order valence-corrected chi connectivity index (χ2v) is 5.15. The largest absolute Gasteiger partial charge is 0.469 e. The number of esters is 1. The van der Waals surface area contributed by atoms with Crippen molar-refractivity contribution < 1.29 is 14.3 Å². The summed E-state index contributed by atoms with van der Waals surface area (Å²) in [6.07, 6.45) is 3.65. The molecule has 0 radical (unpaired) electrons. The van der Waals surface area contributed by atoms with E-state index in [-0.39, 0.29) is 23.8 Å². The number of nitrogens with zero attached hydrogens (tertiary/aromatic N) is 1. The van der Waals surface area contributed by atoms with Crippen LogP contribution in [-0.4, -0.2) is 49.6 Å². The summed E-state index contributed by atoms with van der Waals surface area (Å²) in [4.78, 5) is 25.5. The molecule has 0 aromatic heterocycles. The Labute approximate surface area is 115 Å². The Balaban J connectivity index is 2.33. The van der Waals surface area contributed by atoms with Crippen LogP contribution >= 0.6 is 0 Å². The maximum Gasteiger partial charge on any atom is 0.308 e. The fourth-order valence-corrected chi connectivity index (χ4v) is 2.39. The van der Waals surface area contributed by atoms with Gasteiger partial charge < -0.3 is 10.1 Å². The average molecular weight is 270 g/mol. The van der Waals surface area contributed by atoms with Gasteiger partial charge in [-0.1, -0.05) is 13.3 Å². The maximum atomic E-state index is 11.9. The molecule has 5 nitrogen and oxygen atoms in total. The van der Waals surface area contributed by atoms with E-state index in [1.807, 2.05) is 6.92 Å². The molecule has 1 N–H and O–H groups in total. The van der Waals surface area contributed by atoms with Crippen LogP contribution < -0.4 is 5.32 Å². The van der Waals surface area contributed by atoms with Gasteiger partial charge in [0.15, 0.2) is 0 Å². The van der Waals surface area contributed by atoms with Gasteiger partial charge in [0, 0.05) is 6.54 Å². The second kappa shape index (κ2) is 8.15. The van der Waals surface area contributed by atoms with Crippen molar-refractivity contribution in [3.05, 3.63) is 0 Å². The lowest BCUT2D eigenvalue weighted by Gasteiger charge is -2.34. The topological polar surface area (TPSA) is 58.6 Å². The van der Waals surface area contributed by atoms with Crippen LogP contribution in [0.2, 0.25) is 0 Å². The van der Waals surface area contributed by atoms with Crippen molar-refractivity contribution in [2.75, 3.05) is 26.7 Å². The molecule has 1 heterocycles. The fourth-order valence-electron chi connectivity index (χ4n) is 2.39.